The predicted octanol–water partition coefficient (Wildman–Crippen LogP) is 3.58. The first-order chi connectivity index (χ1) is 7.97. The molecule has 5 fully saturated rings. The average molecular weight is 233 g/mol. The number of hydrogen-bond acceptors (Lipinski definition) is 1. The summed E-state index contributed by atoms with van der Waals surface area (Å²) in [6.45, 7) is 4.73. The Morgan fingerprint density at radius 2 is 1.41 bits per heavy atom. The Kier molecular flexibility index (Phi) is 1.98. The van der Waals surface area contributed by atoms with E-state index in [1.807, 2.05) is 0 Å². The maximum Gasteiger partial charge on any atom is 0.0215 e. The monoisotopic (exact) mass is 233 g/mol. The minimum absolute atomic E-state index is 0.201. The Labute approximate surface area is 106 Å². The van der Waals surface area contributed by atoms with Crippen LogP contribution < -0.4 is 5.73 Å². The second kappa shape index (κ2) is 3.10. The Bertz CT molecular complexity index is 317. The normalized spacial score (nSPS) is 58.4. The van der Waals surface area contributed by atoms with Crippen molar-refractivity contribution in [2.75, 3.05) is 0 Å². The van der Waals surface area contributed by atoms with Crippen LogP contribution >= 0.6 is 0 Å². The SMILES string of the molecule is CC1(C)CC1(N)CC1C2CC3CC(C2)CC1C3. The standard InChI is InChI=1S/C16H27N/c1-15(2)9-16(15,17)8-14-12-4-10-3-11(6-12)7-13(14)5-10/h10-14H,3-9,17H2,1-2H3. The van der Waals surface area contributed by atoms with Gasteiger partial charge in [-0.25, -0.2) is 0 Å². The summed E-state index contributed by atoms with van der Waals surface area (Å²) in [6, 6.07) is 0. The molecule has 5 aliphatic carbocycles. The summed E-state index contributed by atoms with van der Waals surface area (Å²) in [7, 11) is 0. The first kappa shape index (κ1) is 10.8. The van der Waals surface area contributed by atoms with E-state index in [4.69, 9.17) is 5.73 Å². The van der Waals surface area contributed by atoms with Gasteiger partial charge in [0, 0.05) is 5.54 Å². The highest BCUT2D eigenvalue weighted by molar-refractivity contribution is 5.17. The molecule has 0 heterocycles. The van der Waals surface area contributed by atoms with Crippen LogP contribution in [0.25, 0.3) is 0 Å². The van der Waals surface area contributed by atoms with Crippen molar-refractivity contribution in [2.24, 2.45) is 40.7 Å². The zero-order valence-corrected chi connectivity index (χ0v) is 11.4. The lowest BCUT2D eigenvalue weighted by molar-refractivity contribution is -0.0444. The summed E-state index contributed by atoms with van der Waals surface area (Å²) < 4.78 is 0. The molecule has 5 rings (SSSR count). The topological polar surface area (TPSA) is 26.0 Å². The van der Waals surface area contributed by atoms with Gasteiger partial charge in [0.2, 0.25) is 0 Å². The van der Waals surface area contributed by atoms with Crippen LogP contribution in [0.3, 0.4) is 0 Å². The molecule has 5 aliphatic rings. The fourth-order valence-electron chi connectivity index (χ4n) is 5.88. The van der Waals surface area contributed by atoms with Crippen LogP contribution in [0.2, 0.25) is 0 Å². The first-order valence-corrected chi connectivity index (χ1v) is 7.76. The zero-order chi connectivity index (χ0) is 11.8. The van der Waals surface area contributed by atoms with Crippen LogP contribution in [0.5, 0.6) is 0 Å². The van der Waals surface area contributed by atoms with Crippen molar-refractivity contribution in [2.45, 2.75) is 64.3 Å². The molecule has 0 radical (unpaired) electrons. The molecule has 0 aromatic heterocycles. The van der Waals surface area contributed by atoms with Crippen molar-refractivity contribution in [1.29, 1.82) is 0 Å². The van der Waals surface area contributed by atoms with Gasteiger partial charge in [-0.3, -0.25) is 0 Å². The van der Waals surface area contributed by atoms with Gasteiger partial charge in [0.15, 0.2) is 0 Å². The molecule has 96 valence electrons. The van der Waals surface area contributed by atoms with E-state index in [9.17, 15) is 0 Å². The molecule has 0 spiro atoms. The third-order valence-electron chi connectivity index (χ3n) is 7.00. The van der Waals surface area contributed by atoms with E-state index in [1.54, 1.807) is 32.1 Å². The lowest BCUT2D eigenvalue weighted by atomic mass is 9.51. The molecule has 2 N–H and O–H groups in total. The minimum atomic E-state index is 0.201. The smallest absolute Gasteiger partial charge is 0.0215 e. The largest absolute Gasteiger partial charge is 0.325 e. The Hall–Kier alpha value is -0.0400. The maximum atomic E-state index is 6.60. The Balaban J connectivity index is 1.52. The molecule has 4 bridgehead atoms. The second-order valence-corrected chi connectivity index (χ2v) is 8.52. The quantitative estimate of drug-likeness (QED) is 0.775. The number of hydrogen-bond donors (Lipinski definition) is 1. The predicted molar refractivity (Wildman–Crippen MR) is 70.5 cm³/mol. The summed E-state index contributed by atoms with van der Waals surface area (Å²) in [5, 5.41) is 0. The molecule has 1 heteroatoms. The summed E-state index contributed by atoms with van der Waals surface area (Å²) in [6.07, 6.45) is 10.4. The van der Waals surface area contributed by atoms with Gasteiger partial charge >= 0.3 is 0 Å². The molecule has 0 saturated heterocycles. The van der Waals surface area contributed by atoms with Gasteiger partial charge in [-0.15, -0.1) is 0 Å². The van der Waals surface area contributed by atoms with Gasteiger partial charge in [-0.2, -0.15) is 0 Å². The van der Waals surface area contributed by atoms with Crippen LogP contribution in [0, 0.1) is 35.0 Å². The Morgan fingerprint density at radius 3 is 1.82 bits per heavy atom. The van der Waals surface area contributed by atoms with E-state index in [1.165, 1.54) is 12.8 Å². The average Bonchev–Trinajstić information content (AvgIpc) is 2.71. The highest BCUT2D eigenvalue weighted by Crippen LogP contribution is 2.63. The highest BCUT2D eigenvalue weighted by Gasteiger charge is 2.61. The molecule has 1 nitrogen and oxygen atoms in total. The minimum Gasteiger partial charge on any atom is -0.325 e. The lowest BCUT2D eigenvalue weighted by Crippen LogP contribution is -2.47. The van der Waals surface area contributed by atoms with Crippen molar-refractivity contribution in [3.63, 3.8) is 0 Å². The van der Waals surface area contributed by atoms with E-state index < -0.39 is 0 Å². The molecule has 0 aliphatic heterocycles. The van der Waals surface area contributed by atoms with Crippen LogP contribution in [0.1, 0.15) is 58.8 Å². The van der Waals surface area contributed by atoms with Gasteiger partial charge in [-0.1, -0.05) is 13.8 Å². The van der Waals surface area contributed by atoms with Crippen molar-refractivity contribution in [3.8, 4) is 0 Å². The molecular weight excluding hydrogens is 206 g/mol. The molecule has 5 saturated carbocycles. The van der Waals surface area contributed by atoms with Gasteiger partial charge < -0.3 is 5.73 Å². The van der Waals surface area contributed by atoms with Gasteiger partial charge in [0.25, 0.3) is 0 Å². The molecule has 1 atom stereocenters. The van der Waals surface area contributed by atoms with Crippen molar-refractivity contribution in [3.05, 3.63) is 0 Å². The van der Waals surface area contributed by atoms with Gasteiger partial charge in [0.1, 0.15) is 0 Å². The molecule has 1 unspecified atom stereocenters. The zero-order valence-electron chi connectivity index (χ0n) is 11.4. The molecule has 0 aromatic rings. The van der Waals surface area contributed by atoms with Gasteiger partial charge in [-0.05, 0) is 80.0 Å². The fraction of sp³-hybridized carbons (Fsp3) is 1.00. The molecule has 0 aromatic carbocycles. The summed E-state index contributed by atoms with van der Waals surface area (Å²) in [5.41, 5.74) is 7.24. The summed E-state index contributed by atoms with van der Waals surface area (Å²) in [5.74, 6) is 5.32. The van der Waals surface area contributed by atoms with Crippen LogP contribution in [0.15, 0.2) is 0 Å². The number of nitrogens with two attached hydrogens (primary N) is 1. The molecular formula is C16H27N. The molecule has 0 amide bonds. The molecule has 17 heavy (non-hydrogen) atoms. The highest BCUT2D eigenvalue weighted by atomic mass is 14.9. The van der Waals surface area contributed by atoms with E-state index in [2.05, 4.69) is 13.8 Å². The van der Waals surface area contributed by atoms with E-state index in [0.717, 1.165) is 29.6 Å². The van der Waals surface area contributed by atoms with Crippen molar-refractivity contribution in [1.82, 2.24) is 0 Å². The van der Waals surface area contributed by atoms with Crippen LogP contribution in [0.4, 0.5) is 0 Å². The van der Waals surface area contributed by atoms with E-state index in [-0.39, 0.29) is 5.54 Å². The van der Waals surface area contributed by atoms with Crippen LogP contribution in [-0.2, 0) is 0 Å². The van der Waals surface area contributed by atoms with Gasteiger partial charge in [0.05, 0.1) is 0 Å². The number of rotatable bonds is 2. The third-order valence-corrected chi connectivity index (χ3v) is 7.00. The first-order valence-electron chi connectivity index (χ1n) is 7.76. The summed E-state index contributed by atoms with van der Waals surface area (Å²) in [4.78, 5) is 0. The Morgan fingerprint density at radius 1 is 0.941 bits per heavy atom. The third kappa shape index (κ3) is 1.47. The van der Waals surface area contributed by atoms with E-state index in [0.29, 0.717) is 5.41 Å². The maximum absolute atomic E-state index is 6.60. The summed E-state index contributed by atoms with van der Waals surface area (Å²) >= 11 is 0. The van der Waals surface area contributed by atoms with Crippen LogP contribution in [-0.4, -0.2) is 5.54 Å². The van der Waals surface area contributed by atoms with Crippen molar-refractivity contribution < 1.29 is 0 Å². The lowest BCUT2D eigenvalue weighted by Gasteiger charge is -2.55. The second-order valence-electron chi connectivity index (χ2n) is 8.52. The fourth-order valence-corrected chi connectivity index (χ4v) is 5.88. The van der Waals surface area contributed by atoms with E-state index >= 15 is 0 Å². The van der Waals surface area contributed by atoms with Crippen molar-refractivity contribution >= 4 is 0 Å².